The summed E-state index contributed by atoms with van der Waals surface area (Å²) in [7, 11) is 0. The SMILES string of the molecule is Cc1ccc(Oc2ccc(C#N)c([N+](=O)[O-])c2)cc1F. The predicted molar refractivity (Wildman–Crippen MR) is 69.0 cm³/mol. The highest BCUT2D eigenvalue weighted by Crippen LogP contribution is 2.28. The van der Waals surface area contributed by atoms with Crippen molar-refractivity contribution in [3.05, 3.63) is 63.5 Å². The van der Waals surface area contributed by atoms with Crippen molar-refractivity contribution in [2.24, 2.45) is 0 Å². The van der Waals surface area contributed by atoms with Gasteiger partial charge in [-0.15, -0.1) is 0 Å². The number of nitrogens with zero attached hydrogens (tertiary/aromatic N) is 2. The van der Waals surface area contributed by atoms with E-state index in [1.54, 1.807) is 25.1 Å². The Hall–Kier alpha value is -2.94. The lowest BCUT2D eigenvalue weighted by Crippen LogP contribution is -1.94. The number of nitro groups is 1. The molecule has 20 heavy (non-hydrogen) atoms. The number of halogens is 1. The zero-order chi connectivity index (χ0) is 14.7. The molecule has 100 valence electrons. The highest BCUT2D eigenvalue weighted by molar-refractivity contribution is 5.53. The zero-order valence-corrected chi connectivity index (χ0v) is 10.5. The number of aryl methyl sites for hydroxylation is 1. The molecule has 0 fully saturated rings. The molecule has 0 aliphatic carbocycles. The van der Waals surface area contributed by atoms with Crippen LogP contribution in [0.1, 0.15) is 11.1 Å². The van der Waals surface area contributed by atoms with Crippen LogP contribution in [-0.2, 0) is 0 Å². The van der Waals surface area contributed by atoms with Crippen LogP contribution in [0, 0.1) is 34.2 Å². The van der Waals surface area contributed by atoms with Gasteiger partial charge in [0.25, 0.3) is 5.69 Å². The molecule has 5 nitrogen and oxygen atoms in total. The van der Waals surface area contributed by atoms with Crippen molar-refractivity contribution in [1.29, 1.82) is 5.26 Å². The van der Waals surface area contributed by atoms with Gasteiger partial charge in [0.15, 0.2) is 0 Å². The molecular weight excluding hydrogens is 263 g/mol. The van der Waals surface area contributed by atoms with Crippen LogP contribution in [0.2, 0.25) is 0 Å². The van der Waals surface area contributed by atoms with E-state index in [2.05, 4.69) is 0 Å². The minimum Gasteiger partial charge on any atom is -0.457 e. The fraction of sp³-hybridized carbons (Fsp3) is 0.0714. The van der Waals surface area contributed by atoms with Crippen LogP contribution in [0.4, 0.5) is 10.1 Å². The van der Waals surface area contributed by atoms with E-state index in [-0.39, 0.29) is 22.7 Å². The van der Waals surface area contributed by atoms with E-state index in [4.69, 9.17) is 10.00 Å². The third kappa shape index (κ3) is 2.72. The van der Waals surface area contributed by atoms with E-state index in [0.29, 0.717) is 5.56 Å². The summed E-state index contributed by atoms with van der Waals surface area (Å²) < 4.78 is 18.7. The first-order valence-corrected chi connectivity index (χ1v) is 5.64. The van der Waals surface area contributed by atoms with E-state index in [9.17, 15) is 14.5 Å². The number of hydrogen-bond acceptors (Lipinski definition) is 4. The van der Waals surface area contributed by atoms with Crippen LogP contribution in [0.5, 0.6) is 11.5 Å². The summed E-state index contributed by atoms with van der Waals surface area (Å²) in [5, 5.41) is 19.6. The summed E-state index contributed by atoms with van der Waals surface area (Å²) in [5.74, 6) is -0.0308. The van der Waals surface area contributed by atoms with Gasteiger partial charge in [0.05, 0.1) is 11.0 Å². The standard InChI is InChI=1S/C14H9FN2O3/c1-9-2-4-11(6-13(9)15)20-12-5-3-10(8-16)14(7-12)17(18)19/h2-7H,1H3. The molecule has 0 aromatic heterocycles. The molecule has 0 N–H and O–H groups in total. The molecule has 0 saturated carbocycles. The van der Waals surface area contributed by atoms with Gasteiger partial charge in [-0.05, 0) is 30.7 Å². The van der Waals surface area contributed by atoms with Gasteiger partial charge in [0.2, 0.25) is 0 Å². The molecule has 0 aliphatic heterocycles. The van der Waals surface area contributed by atoms with Crippen molar-refractivity contribution in [2.75, 3.05) is 0 Å². The molecule has 0 saturated heterocycles. The number of benzene rings is 2. The van der Waals surface area contributed by atoms with E-state index in [1.165, 1.54) is 18.2 Å². The Labute approximate surface area is 114 Å². The largest absolute Gasteiger partial charge is 0.457 e. The number of nitro benzene ring substituents is 1. The molecule has 2 rings (SSSR count). The van der Waals surface area contributed by atoms with Gasteiger partial charge in [0, 0.05) is 6.07 Å². The lowest BCUT2D eigenvalue weighted by molar-refractivity contribution is -0.385. The fourth-order valence-corrected chi connectivity index (χ4v) is 1.59. The zero-order valence-electron chi connectivity index (χ0n) is 10.5. The summed E-state index contributed by atoms with van der Waals surface area (Å²) in [4.78, 5) is 10.2. The Kier molecular flexibility index (Phi) is 3.62. The quantitative estimate of drug-likeness (QED) is 0.630. The summed E-state index contributed by atoms with van der Waals surface area (Å²) in [6, 6.07) is 9.87. The second-order valence-corrected chi connectivity index (χ2v) is 4.06. The van der Waals surface area contributed by atoms with Crippen LogP contribution < -0.4 is 4.74 Å². The maximum absolute atomic E-state index is 13.4. The van der Waals surface area contributed by atoms with E-state index in [1.807, 2.05) is 0 Å². The van der Waals surface area contributed by atoms with Crippen LogP contribution >= 0.6 is 0 Å². The van der Waals surface area contributed by atoms with Crippen LogP contribution in [0.15, 0.2) is 36.4 Å². The second-order valence-electron chi connectivity index (χ2n) is 4.06. The molecule has 0 radical (unpaired) electrons. The Balaban J connectivity index is 2.34. The molecule has 0 aliphatic rings. The van der Waals surface area contributed by atoms with Crippen LogP contribution in [-0.4, -0.2) is 4.92 Å². The van der Waals surface area contributed by atoms with E-state index in [0.717, 1.165) is 6.07 Å². The molecule has 0 atom stereocenters. The average Bonchev–Trinajstić information content (AvgIpc) is 2.43. The highest BCUT2D eigenvalue weighted by atomic mass is 19.1. The monoisotopic (exact) mass is 272 g/mol. The molecule has 2 aromatic rings. The molecule has 6 heteroatoms. The molecule has 0 unspecified atom stereocenters. The van der Waals surface area contributed by atoms with Crippen molar-refractivity contribution >= 4 is 5.69 Å². The number of hydrogen-bond donors (Lipinski definition) is 0. The Morgan fingerprint density at radius 1 is 1.25 bits per heavy atom. The first kappa shape index (κ1) is 13.5. The van der Waals surface area contributed by atoms with Gasteiger partial charge in [-0.1, -0.05) is 6.07 Å². The molecule has 0 spiro atoms. The number of ether oxygens (including phenoxy) is 1. The van der Waals surface area contributed by atoms with Crippen molar-refractivity contribution in [2.45, 2.75) is 6.92 Å². The summed E-state index contributed by atoms with van der Waals surface area (Å²) in [6.07, 6.45) is 0. The topological polar surface area (TPSA) is 76.2 Å². The third-order valence-electron chi connectivity index (χ3n) is 2.67. The maximum atomic E-state index is 13.4. The smallest absolute Gasteiger partial charge is 0.290 e. The van der Waals surface area contributed by atoms with Gasteiger partial charge in [0.1, 0.15) is 28.9 Å². The van der Waals surface area contributed by atoms with Gasteiger partial charge in [-0.3, -0.25) is 10.1 Å². The first-order valence-electron chi connectivity index (χ1n) is 5.64. The van der Waals surface area contributed by atoms with Crippen molar-refractivity contribution in [3.8, 4) is 17.6 Å². The number of nitriles is 1. The minimum absolute atomic E-state index is 0.0579. The van der Waals surface area contributed by atoms with Crippen LogP contribution in [0.25, 0.3) is 0 Å². The molecular formula is C14H9FN2O3. The molecule has 0 amide bonds. The Bertz CT molecular complexity index is 723. The molecule has 2 aromatic carbocycles. The normalized spacial score (nSPS) is 9.85. The van der Waals surface area contributed by atoms with Gasteiger partial charge >= 0.3 is 0 Å². The Morgan fingerprint density at radius 2 is 1.90 bits per heavy atom. The van der Waals surface area contributed by atoms with Crippen LogP contribution in [0.3, 0.4) is 0 Å². The first-order chi connectivity index (χ1) is 9.51. The van der Waals surface area contributed by atoms with Crippen molar-refractivity contribution in [1.82, 2.24) is 0 Å². The Morgan fingerprint density at radius 3 is 2.50 bits per heavy atom. The lowest BCUT2D eigenvalue weighted by atomic mass is 10.2. The van der Waals surface area contributed by atoms with Gasteiger partial charge in [-0.2, -0.15) is 5.26 Å². The lowest BCUT2D eigenvalue weighted by Gasteiger charge is -2.07. The van der Waals surface area contributed by atoms with Gasteiger partial charge < -0.3 is 4.74 Å². The predicted octanol–water partition coefficient (Wildman–Crippen LogP) is 3.71. The summed E-state index contributed by atoms with van der Waals surface area (Å²) in [5.41, 5.74) is 0.0678. The van der Waals surface area contributed by atoms with Crippen molar-refractivity contribution < 1.29 is 14.1 Å². The fourth-order valence-electron chi connectivity index (χ4n) is 1.59. The van der Waals surface area contributed by atoms with E-state index < -0.39 is 10.7 Å². The molecule has 0 heterocycles. The highest BCUT2D eigenvalue weighted by Gasteiger charge is 2.15. The van der Waals surface area contributed by atoms with E-state index >= 15 is 0 Å². The average molecular weight is 272 g/mol. The molecule has 0 bridgehead atoms. The number of rotatable bonds is 3. The summed E-state index contributed by atoms with van der Waals surface area (Å²) in [6.45, 7) is 1.62. The van der Waals surface area contributed by atoms with Crippen molar-refractivity contribution in [3.63, 3.8) is 0 Å². The summed E-state index contributed by atoms with van der Waals surface area (Å²) >= 11 is 0. The minimum atomic E-state index is -0.666. The maximum Gasteiger partial charge on any atom is 0.290 e. The van der Waals surface area contributed by atoms with Gasteiger partial charge in [-0.25, -0.2) is 4.39 Å². The second kappa shape index (κ2) is 5.36. The third-order valence-corrected chi connectivity index (χ3v) is 2.67.